The van der Waals surface area contributed by atoms with E-state index in [2.05, 4.69) is 0 Å². The molecule has 0 radical (unpaired) electrons. The second kappa shape index (κ2) is 6.99. The molecule has 1 aromatic carbocycles. The highest BCUT2D eigenvalue weighted by Gasteiger charge is 2.46. The number of allylic oxidation sites excluding steroid dienone is 1. The van der Waals surface area contributed by atoms with Crippen molar-refractivity contribution in [1.82, 2.24) is 9.80 Å². The van der Waals surface area contributed by atoms with Crippen LogP contribution in [0.3, 0.4) is 0 Å². The summed E-state index contributed by atoms with van der Waals surface area (Å²) in [5.41, 5.74) is 1.54. The number of ketones is 1. The van der Waals surface area contributed by atoms with Crippen molar-refractivity contribution in [3.8, 4) is 0 Å². The van der Waals surface area contributed by atoms with Gasteiger partial charge in [0.2, 0.25) is 11.8 Å². The van der Waals surface area contributed by atoms with E-state index < -0.39 is 17.8 Å². The Labute approximate surface area is 142 Å². The van der Waals surface area contributed by atoms with Crippen LogP contribution in [0.5, 0.6) is 0 Å². The van der Waals surface area contributed by atoms with Crippen LogP contribution in [0.15, 0.2) is 42.0 Å². The highest BCUT2D eigenvalue weighted by atomic mass is 16.2. The Hall–Kier alpha value is -2.43. The normalized spacial score (nSPS) is 23.5. The maximum Gasteiger partial charge on any atom is 0.233 e. The predicted molar refractivity (Wildman–Crippen MR) is 92.3 cm³/mol. The van der Waals surface area contributed by atoms with Gasteiger partial charge in [-0.25, -0.2) is 0 Å². The lowest BCUT2D eigenvalue weighted by Gasteiger charge is -2.37. The second-order valence-corrected chi connectivity index (χ2v) is 6.65. The minimum absolute atomic E-state index is 0.0957. The average Bonchev–Trinajstić information content (AvgIpc) is 2.53. The number of carbonyl (C=O) groups excluding carboxylic acids is 3. The summed E-state index contributed by atoms with van der Waals surface area (Å²) in [6.45, 7) is 1.79. The molecule has 0 fully saturated rings. The molecule has 0 aliphatic heterocycles. The fourth-order valence-electron chi connectivity index (χ4n) is 3.30. The zero-order chi connectivity index (χ0) is 18.0. The van der Waals surface area contributed by atoms with Gasteiger partial charge in [0.15, 0.2) is 5.78 Å². The molecule has 2 amide bonds. The monoisotopic (exact) mass is 328 g/mol. The fraction of sp³-hybridized carbons (Fsp3) is 0.421. The van der Waals surface area contributed by atoms with Gasteiger partial charge in [-0.05, 0) is 18.6 Å². The third-order valence-corrected chi connectivity index (χ3v) is 4.48. The molecule has 0 spiro atoms. The third-order valence-electron chi connectivity index (χ3n) is 4.48. The lowest BCUT2D eigenvalue weighted by atomic mass is 9.67. The Morgan fingerprint density at radius 3 is 1.88 bits per heavy atom. The molecule has 0 N–H and O–H groups in total. The van der Waals surface area contributed by atoms with Crippen LogP contribution in [0.2, 0.25) is 0 Å². The number of nitrogens with zero attached hydrogens (tertiary/aromatic N) is 2. The van der Waals surface area contributed by atoms with Crippen molar-refractivity contribution < 1.29 is 14.4 Å². The molecule has 0 heterocycles. The summed E-state index contributed by atoms with van der Waals surface area (Å²) in [6, 6.07) is 9.36. The zero-order valence-corrected chi connectivity index (χ0v) is 14.8. The molecular formula is C19H24N2O3. The molecule has 0 saturated heterocycles. The topological polar surface area (TPSA) is 57.7 Å². The number of hydrogen-bond donors (Lipinski definition) is 0. The SMILES string of the molecule is CC1=CC(=O)C(C(=O)N(C)C)C(c2ccccc2)C1C(=O)N(C)C. The molecule has 1 aliphatic carbocycles. The minimum atomic E-state index is -0.875. The summed E-state index contributed by atoms with van der Waals surface area (Å²) < 4.78 is 0. The second-order valence-electron chi connectivity index (χ2n) is 6.65. The lowest BCUT2D eigenvalue weighted by Crippen LogP contribution is -2.46. The van der Waals surface area contributed by atoms with Crippen LogP contribution in [0, 0.1) is 11.8 Å². The molecule has 0 bridgehead atoms. The lowest BCUT2D eigenvalue weighted by molar-refractivity contribution is -0.141. The number of benzene rings is 1. The van der Waals surface area contributed by atoms with Crippen LogP contribution in [-0.2, 0) is 14.4 Å². The van der Waals surface area contributed by atoms with E-state index in [0.29, 0.717) is 5.57 Å². The summed E-state index contributed by atoms with van der Waals surface area (Å²) in [6.07, 6.45) is 1.46. The molecule has 5 nitrogen and oxygen atoms in total. The maximum absolute atomic E-state index is 12.8. The van der Waals surface area contributed by atoms with E-state index in [4.69, 9.17) is 0 Å². The van der Waals surface area contributed by atoms with Crippen LogP contribution in [-0.4, -0.2) is 55.6 Å². The Bertz CT molecular complexity index is 677. The molecule has 3 atom stereocenters. The molecule has 2 rings (SSSR count). The molecule has 0 aromatic heterocycles. The first-order valence-electron chi connectivity index (χ1n) is 7.95. The predicted octanol–water partition coefficient (Wildman–Crippen LogP) is 1.71. The smallest absolute Gasteiger partial charge is 0.233 e. The highest BCUT2D eigenvalue weighted by molar-refractivity contribution is 6.10. The molecule has 5 heteroatoms. The van der Waals surface area contributed by atoms with Gasteiger partial charge < -0.3 is 9.80 Å². The standard InChI is InChI=1S/C19H24N2O3/c1-12-11-14(22)17(19(24)21(4)5)16(13-9-7-6-8-10-13)15(12)18(23)20(2)3/h6-11,15-17H,1-5H3. The summed E-state index contributed by atoms with van der Waals surface area (Å²) >= 11 is 0. The first-order chi connectivity index (χ1) is 11.3. The van der Waals surface area contributed by atoms with E-state index in [-0.39, 0.29) is 17.6 Å². The van der Waals surface area contributed by atoms with Crippen LogP contribution in [0.4, 0.5) is 0 Å². The summed E-state index contributed by atoms with van der Waals surface area (Å²) in [5, 5.41) is 0. The molecular weight excluding hydrogens is 304 g/mol. The first kappa shape index (κ1) is 17.9. The zero-order valence-electron chi connectivity index (χ0n) is 14.8. The number of carbonyl (C=O) groups is 3. The van der Waals surface area contributed by atoms with Crippen LogP contribution in [0.25, 0.3) is 0 Å². The third kappa shape index (κ3) is 3.25. The first-order valence-corrected chi connectivity index (χ1v) is 7.95. The van der Waals surface area contributed by atoms with Crippen LogP contribution < -0.4 is 0 Å². The molecule has 3 unspecified atom stereocenters. The van der Waals surface area contributed by atoms with Gasteiger partial charge in [-0.2, -0.15) is 0 Å². The van der Waals surface area contributed by atoms with Crippen molar-refractivity contribution in [2.24, 2.45) is 11.8 Å². The van der Waals surface area contributed by atoms with Crippen molar-refractivity contribution in [3.05, 3.63) is 47.5 Å². The fourth-order valence-corrected chi connectivity index (χ4v) is 3.30. The van der Waals surface area contributed by atoms with Gasteiger partial charge in [0.05, 0.1) is 5.92 Å². The van der Waals surface area contributed by atoms with Gasteiger partial charge in [-0.1, -0.05) is 35.9 Å². The molecule has 128 valence electrons. The largest absolute Gasteiger partial charge is 0.348 e. The van der Waals surface area contributed by atoms with Gasteiger partial charge in [-0.3, -0.25) is 14.4 Å². The van der Waals surface area contributed by atoms with Crippen molar-refractivity contribution >= 4 is 17.6 Å². The minimum Gasteiger partial charge on any atom is -0.348 e. The van der Waals surface area contributed by atoms with Crippen molar-refractivity contribution in [3.63, 3.8) is 0 Å². The van der Waals surface area contributed by atoms with E-state index in [0.717, 1.165) is 5.56 Å². The molecule has 1 aromatic rings. The highest BCUT2D eigenvalue weighted by Crippen LogP contribution is 2.42. The van der Waals surface area contributed by atoms with E-state index in [1.807, 2.05) is 30.3 Å². The summed E-state index contributed by atoms with van der Waals surface area (Å²) in [4.78, 5) is 41.0. The van der Waals surface area contributed by atoms with Gasteiger partial charge >= 0.3 is 0 Å². The van der Waals surface area contributed by atoms with Crippen molar-refractivity contribution in [2.45, 2.75) is 12.8 Å². The van der Waals surface area contributed by atoms with Crippen molar-refractivity contribution in [1.29, 1.82) is 0 Å². The number of hydrogen-bond acceptors (Lipinski definition) is 3. The number of rotatable bonds is 3. The number of amides is 2. The summed E-state index contributed by atoms with van der Waals surface area (Å²) in [7, 11) is 6.64. The van der Waals surface area contributed by atoms with E-state index in [1.54, 1.807) is 35.1 Å². The quantitative estimate of drug-likeness (QED) is 0.794. The van der Waals surface area contributed by atoms with Crippen molar-refractivity contribution in [2.75, 3.05) is 28.2 Å². The van der Waals surface area contributed by atoms with E-state index in [1.165, 1.54) is 15.9 Å². The Morgan fingerprint density at radius 1 is 0.875 bits per heavy atom. The molecule has 24 heavy (non-hydrogen) atoms. The maximum atomic E-state index is 12.8. The van der Waals surface area contributed by atoms with Gasteiger partial charge in [0.25, 0.3) is 0 Å². The van der Waals surface area contributed by atoms with E-state index in [9.17, 15) is 14.4 Å². The molecule has 0 saturated carbocycles. The Balaban J connectivity index is 2.63. The summed E-state index contributed by atoms with van der Waals surface area (Å²) in [5.74, 6) is -2.49. The average molecular weight is 328 g/mol. The van der Waals surface area contributed by atoms with Crippen LogP contribution in [0.1, 0.15) is 18.4 Å². The van der Waals surface area contributed by atoms with Crippen LogP contribution >= 0.6 is 0 Å². The van der Waals surface area contributed by atoms with Gasteiger partial charge in [-0.15, -0.1) is 0 Å². The van der Waals surface area contributed by atoms with Gasteiger partial charge in [0, 0.05) is 34.1 Å². The Morgan fingerprint density at radius 2 is 1.38 bits per heavy atom. The van der Waals surface area contributed by atoms with E-state index >= 15 is 0 Å². The Kier molecular flexibility index (Phi) is 5.22. The molecule has 1 aliphatic rings. The van der Waals surface area contributed by atoms with Gasteiger partial charge in [0.1, 0.15) is 5.92 Å².